The van der Waals surface area contributed by atoms with Crippen molar-refractivity contribution in [2.75, 3.05) is 19.1 Å². The lowest BCUT2D eigenvalue weighted by Crippen LogP contribution is -2.09. The Labute approximate surface area is 190 Å². The molecule has 32 heavy (non-hydrogen) atoms. The maximum absolute atomic E-state index is 12.3. The van der Waals surface area contributed by atoms with E-state index in [0.717, 1.165) is 44.3 Å². The third kappa shape index (κ3) is 9.41. The van der Waals surface area contributed by atoms with Crippen LogP contribution >= 0.6 is 11.8 Å². The summed E-state index contributed by atoms with van der Waals surface area (Å²) in [5.74, 6) is -2.25. The molecule has 0 aliphatic carbocycles. The summed E-state index contributed by atoms with van der Waals surface area (Å²) in [7, 11) is 1.00. The summed E-state index contributed by atoms with van der Waals surface area (Å²) in [6.45, 7) is 3.78. The largest absolute Gasteiger partial charge is 0.400 e. The van der Waals surface area contributed by atoms with Gasteiger partial charge in [0.25, 0.3) is 0 Å². The Morgan fingerprint density at radius 1 is 1.19 bits per heavy atom. The van der Waals surface area contributed by atoms with Crippen LogP contribution in [0.1, 0.15) is 39.8 Å². The van der Waals surface area contributed by atoms with Gasteiger partial charge >= 0.3 is 0 Å². The molecule has 1 aromatic carbocycles. The highest BCUT2D eigenvalue weighted by Crippen LogP contribution is 2.30. The number of aliphatic hydroxyl groups is 1. The number of nitrogens with zero attached hydrogens (tertiary/aromatic N) is 4. The Morgan fingerprint density at radius 2 is 1.84 bits per heavy atom. The molecule has 0 amide bonds. The van der Waals surface area contributed by atoms with Crippen LogP contribution in [0.2, 0.25) is 0 Å². The average Bonchev–Trinajstić information content (AvgIpc) is 3.35. The van der Waals surface area contributed by atoms with E-state index in [4.69, 9.17) is 15.6 Å². The van der Waals surface area contributed by atoms with Gasteiger partial charge in [0.05, 0.1) is 12.4 Å². The van der Waals surface area contributed by atoms with Crippen LogP contribution in [0.4, 0.5) is 19.0 Å². The summed E-state index contributed by atoms with van der Waals surface area (Å²) >= 11 is 1.54. The van der Waals surface area contributed by atoms with Crippen LogP contribution < -0.4 is 5.73 Å². The summed E-state index contributed by atoms with van der Waals surface area (Å²) in [6.07, 6.45) is 7.46. The van der Waals surface area contributed by atoms with Gasteiger partial charge in [-0.1, -0.05) is 6.07 Å². The van der Waals surface area contributed by atoms with Crippen molar-refractivity contribution in [2.24, 2.45) is 0 Å². The van der Waals surface area contributed by atoms with E-state index in [0.29, 0.717) is 17.4 Å². The Morgan fingerprint density at radius 3 is 2.34 bits per heavy atom. The smallest absolute Gasteiger partial charge is 0.242 e. The minimum atomic E-state index is -2.50. The van der Waals surface area contributed by atoms with E-state index in [1.807, 2.05) is 16.9 Å². The van der Waals surface area contributed by atoms with Gasteiger partial charge in [0, 0.05) is 12.0 Å². The molecular formula is C21H30F3N5O2S. The molecule has 2 unspecified atom stereocenters. The highest BCUT2D eigenvalue weighted by Gasteiger charge is 2.25. The summed E-state index contributed by atoms with van der Waals surface area (Å²) < 4.78 is 42.1. The molecule has 1 fully saturated rings. The number of hydrogen-bond acceptors (Lipinski definition) is 7. The highest BCUT2D eigenvalue weighted by molar-refractivity contribution is 7.98. The quantitative estimate of drug-likeness (QED) is 0.510. The summed E-state index contributed by atoms with van der Waals surface area (Å²) in [6, 6.07) is 6.55. The number of anilines is 1. The van der Waals surface area contributed by atoms with E-state index in [9.17, 15) is 13.2 Å². The first-order chi connectivity index (χ1) is 15.1. The first kappa shape index (κ1) is 27.7. The molecule has 3 N–H and O–H groups in total. The lowest BCUT2D eigenvalue weighted by molar-refractivity contribution is 0.0131. The van der Waals surface area contributed by atoms with Crippen LogP contribution in [-0.4, -0.2) is 50.0 Å². The zero-order chi connectivity index (χ0) is 24.3. The van der Waals surface area contributed by atoms with Crippen molar-refractivity contribution in [3.8, 4) is 0 Å². The number of alkyl halides is 2. The molecule has 0 bridgehead atoms. The lowest BCUT2D eigenvalue weighted by atomic mass is 10.2. The van der Waals surface area contributed by atoms with E-state index < -0.39 is 5.92 Å². The Bertz CT molecular complexity index is 947. The number of benzene rings is 1. The van der Waals surface area contributed by atoms with Gasteiger partial charge < -0.3 is 15.6 Å². The number of aliphatic hydroxyl groups excluding tert-OH is 1. The molecule has 2 atom stereocenters. The number of nitrogen functional groups attached to an aromatic ring is 1. The topological polar surface area (TPSA) is 99.1 Å². The molecule has 0 radical (unpaired) electrons. The third-order valence-electron chi connectivity index (χ3n) is 3.94. The zero-order valence-electron chi connectivity index (χ0n) is 18.8. The second kappa shape index (κ2) is 13.2. The van der Waals surface area contributed by atoms with Gasteiger partial charge in [-0.2, -0.15) is 0 Å². The maximum atomic E-state index is 12.3. The fourth-order valence-corrected chi connectivity index (χ4v) is 3.11. The minimum Gasteiger partial charge on any atom is -0.400 e. The molecule has 0 saturated carbocycles. The molecule has 7 nitrogen and oxygen atoms in total. The zero-order valence-corrected chi connectivity index (χ0v) is 19.6. The predicted molar refractivity (Wildman–Crippen MR) is 121 cm³/mol. The van der Waals surface area contributed by atoms with Gasteiger partial charge in [0.2, 0.25) is 5.92 Å². The molecule has 2 aromatic heterocycles. The van der Waals surface area contributed by atoms with E-state index in [2.05, 4.69) is 21.9 Å². The lowest BCUT2D eigenvalue weighted by Gasteiger charge is -2.12. The molecule has 178 valence electrons. The van der Waals surface area contributed by atoms with E-state index in [-0.39, 0.29) is 12.0 Å². The molecule has 1 saturated heterocycles. The molecule has 3 aromatic rings. The second-order valence-corrected chi connectivity index (χ2v) is 7.93. The van der Waals surface area contributed by atoms with Crippen LogP contribution in [0, 0.1) is 5.82 Å². The highest BCUT2D eigenvalue weighted by atomic mass is 32.2. The number of rotatable bonds is 2. The normalized spacial score (nSPS) is 17.4. The number of hydrogen-bond donors (Lipinski definition) is 2. The van der Waals surface area contributed by atoms with Crippen LogP contribution in [0.15, 0.2) is 41.8 Å². The number of imidazole rings is 1. The van der Waals surface area contributed by atoms with Crippen molar-refractivity contribution >= 4 is 28.7 Å². The Balaban J connectivity index is 0.000000272. The molecule has 4 rings (SSSR count). The average molecular weight is 474 g/mol. The number of thioether (sulfide) groups is 1. The predicted octanol–water partition coefficient (Wildman–Crippen LogP) is 4.92. The SMILES string of the molecule is CC(C)(F)F.CC1CCC(n2cnc3c(N)ncnc32)O1.CO.CSc1cccc(F)c1. The number of nitrogens with two attached hydrogens (primary N) is 1. The van der Waals surface area contributed by atoms with Crippen molar-refractivity contribution in [3.05, 3.63) is 42.7 Å². The van der Waals surface area contributed by atoms with Gasteiger partial charge in [-0.15, -0.1) is 11.8 Å². The summed E-state index contributed by atoms with van der Waals surface area (Å²) in [5, 5.41) is 7.00. The standard InChI is InChI=1S/C10H13N5O.C7H7FS.C3H6F2.CH4O/c1-6-2-3-7(16-6)15-5-14-8-9(11)12-4-13-10(8)15;1-9-7-4-2-3-6(8)5-7;1-3(2,4)5;1-2/h4-7H,2-3H2,1H3,(H2,11,12,13);2-5H,1H3;1-2H3;2H,1H3. The third-order valence-corrected chi connectivity index (χ3v) is 4.66. The number of ether oxygens (including phenoxy) is 1. The molecule has 1 aliphatic heterocycles. The summed E-state index contributed by atoms with van der Waals surface area (Å²) in [5.41, 5.74) is 7.11. The number of fused-ring (bicyclic) bond motifs is 1. The second-order valence-electron chi connectivity index (χ2n) is 7.05. The van der Waals surface area contributed by atoms with Crippen LogP contribution in [0.25, 0.3) is 11.2 Å². The molecule has 1 aliphatic rings. The monoisotopic (exact) mass is 473 g/mol. The van der Waals surface area contributed by atoms with Crippen LogP contribution in [-0.2, 0) is 4.74 Å². The number of aromatic nitrogens is 4. The maximum Gasteiger partial charge on any atom is 0.242 e. The van der Waals surface area contributed by atoms with Gasteiger partial charge in [-0.3, -0.25) is 4.57 Å². The molecule has 0 spiro atoms. The molecule has 3 heterocycles. The minimum absolute atomic E-state index is 0.0225. The number of halogens is 3. The van der Waals surface area contributed by atoms with Gasteiger partial charge in [0.1, 0.15) is 23.9 Å². The van der Waals surface area contributed by atoms with Crippen molar-refractivity contribution in [3.63, 3.8) is 0 Å². The van der Waals surface area contributed by atoms with E-state index in [1.165, 1.54) is 18.5 Å². The fraction of sp³-hybridized carbons (Fsp3) is 0.476. The van der Waals surface area contributed by atoms with Crippen LogP contribution in [0.3, 0.4) is 0 Å². The molecular weight excluding hydrogens is 443 g/mol. The summed E-state index contributed by atoms with van der Waals surface area (Å²) in [4.78, 5) is 13.3. The first-order valence-corrected chi connectivity index (χ1v) is 11.0. The van der Waals surface area contributed by atoms with Crippen LogP contribution in [0.5, 0.6) is 0 Å². The van der Waals surface area contributed by atoms with Gasteiger partial charge in [-0.05, 0) is 58.1 Å². The molecule has 11 heteroatoms. The first-order valence-electron chi connectivity index (χ1n) is 9.79. The van der Waals surface area contributed by atoms with E-state index in [1.54, 1.807) is 24.2 Å². The Hall–Kier alpha value is -2.37. The van der Waals surface area contributed by atoms with Crippen molar-refractivity contribution in [2.45, 2.75) is 56.8 Å². The van der Waals surface area contributed by atoms with Gasteiger partial charge in [-0.25, -0.2) is 28.1 Å². The van der Waals surface area contributed by atoms with Crippen molar-refractivity contribution in [1.82, 2.24) is 19.5 Å². The van der Waals surface area contributed by atoms with Gasteiger partial charge in [0.15, 0.2) is 11.5 Å². The van der Waals surface area contributed by atoms with Crippen molar-refractivity contribution < 1.29 is 23.0 Å². The van der Waals surface area contributed by atoms with E-state index >= 15 is 0 Å². The Kier molecular flexibility index (Phi) is 11.4. The van der Waals surface area contributed by atoms with Crippen molar-refractivity contribution in [1.29, 1.82) is 0 Å². The fourth-order valence-electron chi connectivity index (χ4n) is 2.66.